The van der Waals surface area contributed by atoms with Crippen molar-refractivity contribution in [3.05, 3.63) is 40.5 Å². The van der Waals surface area contributed by atoms with Crippen molar-refractivity contribution in [3.63, 3.8) is 0 Å². The predicted octanol–water partition coefficient (Wildman–Crippen LogP) is 0.693. The number of hydrogen-bond donors (Lipinski definition) is 1. The molecular weight excluding hydrogens is 370 g/mol. The lowest BCUT2D eigenvalue weighted by Crippen LogP contribution is -2.33. The molecule has 1 aromatic heterocycles. The van der Waals surface area contributed by atoms with Gasteiger partial charge in [-0.05, 0) is 21.5 Å². The van der Waals surface area contributed by atoms with Gasteiger partial charge in [0.05, 0.1) is 0 Å². The number of hydrogen-bond acceptors (Lipinski definition) is 5. The second-order valence-electron chi connectivity index (χ2n) is 5.31. The number of aryl methyl sites for hydroxylation is 1. The standard InChI is InChI=1S/C13H16BrN5O2S/c1-18-13(12(14)16-17-18)22(20,21)19-7-10(11(15)8-19)9-5-3-2-4-6-9/h2-6,10-11H,7-8,15H2,1H3/t10-,11+/m0/s1. The molecule has 2 aromatic rings. The van der Waals surface area contributed by atoms with E-state index in [0.29, 0.717) is 6.54 Å². The summed E-state index contributed by atoms with van der Waals surface area (Å²) < 4.78 is 28.5. The van der Waals surface area contributed by atoms with Gasteiger partial charge < -0.3 is 5.73 Å². The normalized spacial score (nSPS) is 23.0. The molecule has 7 nitrogen and oxygen atoms in total. The average Bonchev–Trinajstić information content (AvgIpc) is 3.03. The molecule has 3 rings (SSSR count). The maximum absolute atomic E-state index is 12.8. The molecule has 1 aliphatic rings. The Morgan fingerprint density at radius 3 is 2.55 bits per heavy atom. The minimum Gasteiger partial charge on any atom is -0.326 e. The van der Waals surface area contributed by atoms with Gasteiger partial charge in [0.15, 0.2) is 4.60 Å². The minimum absolute atomic E-state index is 0.0177. The van der Waals surface area contributed by atoms with Crippen LogP contribution in [-0.4, -0.2) is 46.8 Å². The van der Waals surface area contributed by atoms with Crippen LogP contribution in [0.5, 0.6) is 0 Å². The van der Waals surface area contributed by atoms with Crippen molar-refractivity contribution in [2.75, 3.05) is 13.1 Å². The molecule has 0 unspecified atom stereocenters. The van der Waals surface area contributed by atoms with Gasteiger partial charge in [-0.25, -0.2) is 13.1 Å². The number of rotatable bonds is 3. The Balaban J connectivity index is 1.91. The van der Waals surface area contributed by atoms with Gasteiger partial charge in [0, 0.05) is 32.1 Å². The van der Waals surface area contributed by atoms with Crippen molar-refractivity contribution in [2.45, 2.75) is 17.0 Å². The van der Waals surface area contributed by atoms with Crippen molar-refractivity contribution in [1.29, 1.82) is 0 Å². The third-order valence-electron chi connectivity index (χ3n) is 3.88. The van der Waals surface area contributed by atoms with Crippen molar-refractivity contribution in [2.24, 2.45) is 12.8 Å². The van der Waals surface area contributed by atoms with Crippen molar-refractivity contribution in [3.8, 4) is 0 Å². The molecule has 0 amide bonds. The number of halogens is 1. The average molecular weight is 386 g/mol. The summed E-state index contributed by atoms with van der Waals surface area (Å²) >= 11 is 3.14. The molecule has 9 heteroatoms. The van der Waals surface area contributed by atoms with Crippen LogP contribution in [0.15, 0.2) is 40.0 Å². The molecule has 2 atom stereocenters. The summed E-state index contributed by atoms with van der Waals surface area (Å²) in [6, 6.07) is 9.50. The van der Waals surface area contributed by atoms with Crippen LogP contribution in [0.2, 0.25) is 0 Å². The zero-order valence-corrected chi connectivity index (χ0v) is 14.3. The van der Waals surface area contributed by atoms with E-state index < -0.39 is 10.0 Å². The highest BCUT2D eigenvalue weighted by Gasteiger charge is 2.40. The maximum Gasteiger partial charge on any atom is 0.263 e. The van der Waals surface area contributed by atoms with Gasteiger partial charge in [-0.2, -0.15) is 4.31 Å². The molecule has 0 saturated carbocycles. The van der Waals surface area contributed by atoms with E-state index in [1.165, 1.54) is 8.99 Å². The monoisotopic (exact) mass is 385 g/mol. The highest BCUT2D eigenvalue weighted by molar-refractivity contribution is 9.10. The lowest BCUT2D eigenvalue weighted by molar-refractivity contribution is 0.460. The molecule has 118 valence electrons. The van der Waals surface area contributed by atoms with Crippen molar-refractivity contribution in [1.82, 2.24) is 19.3 Å². The second kappa shape index (κ2) is 5.73. The molecule has 1 aromatic carbocycles. The third-order valence-corrected chi connectivity index (χ3v) is 6.60. The summed E-state index contributed by atoms with van der Waals surface area (Å²) in [4.78, 5) is 0. The molecule has 22 heavy (non-hydrogen) atoms. The Bertz CT molecular complexity index is 757. The van der Waals surface area contributed by atoms with E-state index in [0.717, 1.165) is 5.56 Å². The van der Waals surface area contributed by atoms with E-state index in [4.69, 9.17) is 5.73 Å². The maximum atomic E-state index is 12.8. The molecular formula is C13H16BrN5O2S. The largest absolute Gasteiger partial charge is 0.326 e. The molecule has 2 N–H and O–H groups in total. The Morgan fingerprint density at radius 1 is 1.27 bits per heavy atom. The number of aromatic nitrogens is 3. The van der Waals surface area contributed by atoms with E-state index >= 15 is 0 Å². The topological polar surface area (TPSA) is 94.1 Å². The van der Waals surface area contributed by atoms with Crippen LogP contribution < -0.4 is 5.73 Å². The van der Waals surface area contributed by atoms with Crippen molar-refractivity contribution >= 4 is 26.0 Å². The number of nitrogens with zero attached hydrogens (tertiary/aromatic N) is 4. The van der Waals surface area contributed by atoms with E-state index in [2.05, 4.69) is 26.2 Å². The second-order valence-corrected chi connectivity index (χ2v) is 7.92. The first-order valence-corrected chi connectivity index (χ1v) is 9.00. The van der Waals surface area contributed by atoms with E-state index in [1.807, 2.05) is 30.3 Å². The fraction of sp³-hybridized carbons (Fsp3) is 0.385. The molecule has 0 aliphatic carbocycles. The summed E-state index contributed by atoms with van der Waals surface area (Å²) in [7, 11) is -2.14. The number of nitrogens with two attached hydrogens (primary N) is 1. The highest BCUT2D eigenvalue weighted by Crippen LogP contribution is 2.31. The van der Waals surface area contributed by atoms with E-state index in [9.17, 15) is 8.42 Å². The SMILES string of the molecule is Cn1nnc(Br)c1S(=O)(=O)N1C[C@@H](N)[C@H](c2ccccc2)C1. The number of benzene rings is 1. The summed E-state index contributed by atoms with van der Waals surface area (Å²) in [5.74, 6) is -0.0177. The van der Waals surface area contributed by atoms with E-state index in [-0.39, 0.29) is 28.1 Å². The third kappa shape index (κ3) is 2.58. The highest BCUT2D eigenvalue weighted by atomic mass is 79.9. The molecule has 1 fully saturated rings. The van der Waals surface area contributed by atoms with Gasteiger partial charge in [-0.1, -0.05) is 35.5 Å². The summed E-state index contributed by atoms with van der Waals surface area (Å²) in [6.07, 6.45) is 0. The van der Waals surface area contributed by atoms with Crippen LogP contribution in [0.25, 0.3) is 0 Å². The molecule has 2 heterocycles. The van der Waals surface area contributed by atoms with Gasteiger partial charge in [-0.15, -0.1) is 5.10 Å². The molecule has 1 saturated heterocycles. The Morgan fingerprint density at radius 2 is 1.95 bits per heavy atom. The Hall–Kier alpha value is -1.29. The first-order chi connectivity index (χ1) is 10.4. The smallest absolute Gasteiger partial charge is 0.263 e. The van der Waals surface area contributed by atoms with Crippen LogP contribution in [0.3, 0.4) is 0 Å². The molecule has 1 aliphatic heterocycles. The Kier molecular flexibility index (Phi) is 4.06. The fourth-order valence-corrected chi connectivity index (χ4v) is 5.29. The summed E-state index contributed by atoms with van der Waals surface area (Å²) in [5, 5.41) is 7.52. The minimum atomic E-state index is -3.69. The van der Waals surface area contributed by atoms with Crippen LogP contribution in [0, 0.1) is 0 Å². The zero-order valence-electron chi connectivity index (χ0n) is 11.9. The Labute approximate surface area is 137 Å². The van der Waals surface area contributed by atoms with Crippen LogP contribution >= 0.6 is 15.9 Å². The lowest BCUT2D eigenvalue weighted by atomic mass is 9.95. The first kappa shape index (κ1) is 15.6. The zero-order chi connectivity index (χ0) is 15.9. The van der Waals surface area contributed by atoms with Gasteiger partial charge in [-0.3, -0.25) is 0 Å². The van der Waals surface area contributed by atoms with E-state index in [1.54, 1.807) is 7.05 Å². The quantitative estimate of drug-likeness (QED) is 0.838. The van der Waals surface area contributed by atoms with Gasteiger partial charge in [0.25, 0.3) is 10.0 Å². The molecule has 0 bridgehead atoms. The first-order valence-electron chi connectivity index (χ1n) is 6.77. The van der Waals surface area contributed by atoms with Gasteiger partial charge >= 0.3 is 0 Å². The van der Waals surface area contributed by atoms with Crippen LogP contribution in [-0.2, 0) is 17.1 Å². The molecule has 0 radical (unpaired) electrons. The van der Waals surface area contributed by atoms with Gasteiger partial charge in [0.1, 0.15) is 0 Å². The van der Waals surface area contributed by atoms with Crippen LogP contribution in [0.1, 0.15) is 11.5 Å². The lowest BCUT2D eigenvalue weighted by Gasteiger charge is -2.16. The fourth-order valence-electron chi connectivity index (χ4n) is 2.76. The van der Waals surface area contributed by atoms with Crippen LogP contribution in [0.4, 0.5) is 0 Å². The predicted molar refractivity (Wildman–Crippen MR) is 84.6 cm³/mol. The molecule has 0 spiro atoms. The number of sulfonamides is 1. The summed E-state index contributed by atoms with van der Waals surface area (Å²) in [6.45, 7) is 0.630. The van der Waals surface area contributed by atoms with Gasteiger partial charge in [0.2, 0.25) is 5.03 Å². The van der Waals surface area contributed by atoms with Crippen molar-refractivity contribution < 1.29 is 8.42 Å². The summed E-state index contributed by atoms with van der Waals surface area (Å²) in [5.41, 5.74) is 7.22.